The molecule has 4 aromatic rings. The molecule has 2 bridgehead atoms. The summed E-state index contributed by atoms with van der Waals surface area (Å²) >= 11 is 1.74. The van der Waals surface area contributed by atoms with Crippen LogP contribution in [0.4, 0.5) is 5.69 Å². The van der Waals surface area contributed by atoms with Crippen molar-refractivity contribution in [3.8, 4) is 28.0 Å². The summed E-state index contributed by atoms with van der Waals surface area (Å²) in [5, 5.41) is 28.7. The number of fused-ring (bicyclic) bond motifs is 4. The van der Waals surface area contributed by atoms with Gasteiger partial charge in [0, 0.05) is 23.3 Å². The van der Waals surface area contributed by atoms with E-state index in [9.17, 15) is 5.26 Å². The van der Waals surface area contributed by atoms with Gasteiger partial charge in [0.1, 0.15) is 11.1 Å². The number of rotatable bonds is 5. The van der Waals surface area contributed by atoms with Crippen LogP contribution in [0.25, 0.3) is 27.5 Å². The minimum atomic E-state index is 0.214. The topological polar surface area (TPSA) is 91.8 Å². The fourth-order valence-corrected chi connectivity index (χ4v) is 6.83. The van der Waals surface area contributed by atoms with Gasteiger partial charge in [-0.05, 0) is 82.1 Å². The smallest absolute Gasteiger partial charge is 0.151 e. The van der Waals surface area contributed by atoms with E-state index in [0.29, 0.717) is 11.0 Å². The summed E-state index contributed by atoms with van der Waals surface area (Å²) in [7, 11) is 0. The van der Waals surface area contributed by atoms with Gasteiger partial charge in [-0.3, -0.25) is 4.98 Å². The van der Waals surface area contributed by atoms with Crippen LogP contribution in [0.15, 0.2) is 36.7 Å². The summed E-state index contributed by atoms with van der Waals surface area (Å²) in [6.07, 6.45) is 11.1. The number of pyridine rings is 1. The Morgan fingerprint density at radius 2 is 1.83 bits per heavy atom. The van der Waals surface area contributed by atoms with Gasteiger partial charge < -0.3 is 5.32 Å². The average Bonchev–Trinajstić information content (AvgIpc) is 3.52. The number of hydrogen-bond acceptors (Lipinski definition) is 7. The first-order chi connectivity index (χ1) is 16.9. The Bertz CT molecular complexity index is 1430. The second kappa shape index (κ2) is 8.13. The number of nitriles is 1. The molecule has 0 atom stereocenters. The predicted octanol–water partition coefficient (Wildman–Crippen LogP) is 6.22. The van der Waals surface area contributed by atoms with Crippen molar-refractivity contribution in [1.82, 2.24) is 24.8 Å². The molecule has 0 unspecified atom stereocenters. The highest BCUT2D eigenvalue weighted by Gasteiger charge is 2.48. The zero-order chi connectivity index (χ0) is 24.2. The molecule has 3 fully saturated rings. The summed E-state index contributed by atoms with van der Waals surface area (Å²) in [6.45, 7) is 6.71. The van der Waals surface area contributed by atoms with Gasteiger partial charge in [-0.15, -0.1) is 10.2 Å². The van der Waals surface area contributed by atoms with Crippen molar-refractivity contribution in [3.63, 3.8) is 0 Å². The minimum Gasteiger partial charge on any atom is -0.382 e. The second-order valence-electron chi connectivity index (χ2n) is 10.8. The van der Waals surface area contributed by atoms with E-state index in [-0.39, 0.29) is 11.5 Å². The van der Waals surface area contributed by atoms with E-state index in [1.54, 1.807) is 17.5 Å². The van der Waals surface area contributed by atoms with Crippen molar-refractivity contribution < 1.29 is 0 Å². The fraction of sp³-hybridized carbons (Fsp3) is 0.444. The van der Waals surface area contributed by atoms with Gasteiger partial charge in [0.25, 0.3) is 0 Å². The minimum absolute atomic E-state index is 0.214. The summed E-state index contributed by atoms with van der Waals surface area (Å²) in [4.78, 5) is 4.81. The van der Waals surface area contributed by atoms with Gasteiger partial charge in [-0.1, -0.05) is 18.3 Å². The number of nitrogens with zero attached hydrogens (tertiary/aromatic N) is 6. The highest BCUT2D eigenvalue weighted by molar-refractivity contribution is 7.14. The molecule has 1 N–H and O–H groups in total. The Hall–Kier alpha value is -3.31. The monoisotopic (exact) mass is 483 g/mol. The van der Waals surface area contributed by atoms with Crippen LogP contribution in [0.2, 0.25) is 0 Å². The summed E-state index contributed by atoms with van der Waals surface area (Å²) in [6, 6.07) is 10.3. The zero-order valence-corrected chi connectivity index (χ0v) is 21.2. The molecule has 0 spiro atoms. The lowest BCUT2D eigenvalue weighted by Crippen LogP contribution is -2.42. The van der Waals surface area contributed by atoms with Crippen molar-refractivity contribution in [2.45, 2.75) is 70.8 Å². The van der Waals surface area contributed by atoms with E-state index in [2.05, 4.69) is 48.4 Å². The number of aromatic nitrogens is 5. The van der Waals surface area contributed by atoms with Crippen LogP contribution < -0.4 is 5.32 Å². The third kappa shape index (κ3) is 3.79. The summed E-state index contributed by atoms with van der Waals surface area (Å²) in [5.41, 5.74) is 5.84. The maximum Gasteiger partial charge on any atom is 0.151 e. The third-order valence-corrected chi connectivity index (χ3v) is 9.17. The van der Waals surface area contributed by atoms with Crippen molar-refractivity contribution in [2.24, 2.45) is 5.41 Å². The van der Waals surface area contributed by atoms with Gasteiger partial charge in [0.05, 0.1) is 34.2 Å². The first-order valence-electron chi connectivity index (χ1n) is 12.4. The van der Waals surface area contributed by atoms with Gasteiger partial charge in [-0.25, -0.2) is 4.52 Å². The molecular weight excluding hydrogens is 454 g/mol. The lowest BCUT2D eigenvalue weighted by atomic mass is 9.55. The van der Waals surface area contributed by atoms with Crippen molar-refractivity contribution in [3.05, 3.63) is 47.2 Å². The molecule has 8 heteroatoms. The van der Waals surface area contributed by atoms with Gasteiger partial charge in [-0.2, -0.15) is 10.4 Å². The molecule has 178 valence electrons. The summed E-state index contributed by atoms with van der Waals surface area (Å²) in [5.74, 6) is 0. The number of hydrogen-bond donors (Lipinski definition) is 1. The van der Waals surface area contributed by atoms with Crippen LogP contribution in [-0.4, -0.2) is 30.8 Å². The van der Waals surface area contributed by atoms with Gasteiger partial charge in [0.2, 0.25) is 0 Å². The van der Waals surface area contributed by atoms with E-state index < -0.39 is 0 Å². The largest absolute Gasteiger partial charge is 0.382 e. The Morgan fingerprint density at radius 1 is 1.06 bits per heavy atom. The normalized spacial score (nSPS) is 23.6. The average molecular weight is 484 g/mol. The molecule has 0 radical (unpaired) electrons. The van der Waals surface area contributed by atoms with Crippen LogP contribution >= 0.6 is 11.3 Å². The van der Waals surface area contributed by atoms with E-state index in [0.717, 1.165) is 33.2 Å². The molecule has 0 saturated heterocycles. The molecular formula is C27H29N7S. The van der Waals surface area contributed by atoms with Crippen LogP contribution in [0, 0.1) is 16.7 Å². The number of nitrogens with one attached hydrogen (secondary N) is 1. The lowest BCUT2D eigenvalue weighted by Gasteiger charge is -2.51. The number of anilines is 1. The molecule has 3 aliphatic carbocycles. The van der Waals surface area contributed by atoms with Crippen molar-refractivity contribution in [2.75, 3.05) is 5.32 Å². The quantitative estimate of drug-likeness (QED) is 0.362. The van der Waals surface area contributed by atoms with Crippen molar-refractivity contribution >= 4 is 22.5 Å². The molecule has 35 heavy (non-hydrogen) atoms. The molecule has 4 aromatic heterocycles. The first kappa shape index (κ1) is 22.2. The Labute approximate surface area is 209 Å². The lowest BCUT2D eigenvalue weighted by molar-refractivity contribution is 0.0551. The molecule has 7 rings (SSSR count). The van der Waals surface area contributed by atoms with Gasteiger partial charge >= 0.3 is 0 Å². The SMILES string of the molecule is CC(C)Nc1cc(-c2ccc3cc(C#N)cnn23)ncc1-c1nnc(C23CCC(C)(CC2)CC3)s1. The molecule has 7 nitrogen and oxygen atoms in total. The molecule has 0 amide bonds. The van der Waals surface area contributed by atoms with Crippen molar-refractivity contribution in [1.29, 1.82) is 5.26 Å². The van der Waals surface area contributed by atoms with E-state index >= 15 is 0 Å². The highest BCUT2D eigenvalue weighted by Crippen LogP contribution is 2.58. The van der Waals surface area contributed by atoms with E-state index in [1.165, 1.54) is 43.5 Å². The maximum atomic E-state index is 9.18. The van der Waals surface area contributed by atoms with E-state index in [1.807, 2.05) is 28.9 Å². The Kier molecular flexibility index (Phi) is 5.15. The summed E-state index contributed by atoms with van der Waals surface area (Å²) < 4.78 is 1.82. The molecule has 3 aliphatic rings. The zero-order valence-electron chi connectivity index (χ0n) is 20.4. The molecule has 3 saturated carbocycles. The van der Waals surface area contributed by atoms with Crippen LogP contribution in [0.3, 0.4) is 0 Å². The maximum absolute atomic E-state index is 9.18. The van der Waals surface area contributed by atoms with Crippen LogP contribution in [0.1, 0.15) is 69.9 Å². The third-order valence-electron chi connectivity index (χ3n) is 7.97. The first-order valence-corrected chi connectivity index (χ1v) is 13.2. The molecule has 4 heterocycles. The standard InChI is InChI=1S/C27H29N7S/c1-17(2)31-21-13-22(23-5-4-19-12-18(14-28)15-30-34(19)23)29-16-20(21)24-32-33-25(35-24)27-9-6-26(3,7-10-27)8-11-27/h4-5,12-13,15-17H,6-11H2,1-3H3,(H,29,31). The highest BCUT2D eigenvalue weighted by atomic mass is 32.1. The Morgan fingerprint density at radius 3 is 2.54 bits per heavy atom. The molecule has 0 aromatic carbocycles. The predicted molar refractivity (Wildman–Crippen MR) is 138 cm³/mol. The van der Waals surface area contributed by atoms with Crippen LogP contribution in [-0.2, 0) is 5.41 Å². The fourth-order valence-electron chi connectivity index (χ4n) is 5.69. The molecule has 0 aliphatic heterocycles. The van der Waals surface area contributed by atoms with E-state index in [4.69, 9.17) is 10.1 Å². The van der Waals surface area contributed by atoms with Crippen LogP contribution in [0.5, 0.6) is 0 Å². The van der Waals surface area contributed by atoms with Gasteiger partial charge in [0.15, 0.2) is 5.01 Å². The second-order valence-corrected chi connectivity index (χ2v) is 11.8. The Balaban J connectivity index is 1.37.